The summed E-state index contributed by atoms with van der Waals surface area (Å²) in [6, 6.07) is 10.1. The molecule has 4 rings (SSSR count). The first-order valence-corrected chi connectivity index (χ1v) is 10.1. The lowest BCUT2D eigenvalue weighted by molar-refractivity contribution is -0.135. The predicted molar refractivity (Wildman–Crippen MR) is 109 cm³/mol. The molecule has 0 spiro atoms. The maximum absolute atomic E-state index is 13.0. The number of rotatable bonds is 5. The van der Waals surface area contributed by atoms with Gasteiger partial charge >= 0.3 is 6.09 Å². The molecule has 1 aromatic carbocycles. The van der Waals surface area contributed by atoms with Crippen molar-refractivity contribution in [2.24, 2.45) is 7.05 Å². The predicted octanol–water partition coefficient (Wildman–Crippen LogP) is 2.25. The molecule has 2 saturated heterocycles. The van der Waals surface area contributed by atoms with Crippen LogP contribution >= 0.6 is 0 Å². The molecule has 154 valence electrons. The van der Waals surface area contributed by atoms with Crippen LogP contribution in [0.15, 0.2) is 30.3 Å². The van der Waals surface area contributed by atoms with Crippen molar-refractivity contribution >= 4 is 12.0 Å². The zero-order chi connectivity index (χ0) is 20.6. The summed E-state index contributed by atoms with van der Waals surface area (Å²) in [7, 11) is 1.93. The third kappa shape index (κ3) is 3.61. The molecule has 0 radical (unpaired) electrons. The van der Waals surface area contributed by atoms with Gasteiger partial charge in [0.05, 0.1) is 5.69 Å². The van der Waals surface area contributed by atoms with Crippen LogP contribution in [0.25, 0.3) is 0 Å². The third-order valence-electron chi connectivity index (χ3n) is 6.31. The minimum absolute atomic E-state index is 0.124. The summed E-state index contributed by atoms with van der Waals surface area (Å²) >= 11 is 0. The normalized spacial score (nSPS) is 21.3. The van der Waals surface area contributed by atoms with Crippen LogP contribution in [0.1, 0.15) is 28.9 Å². The molecule has 2 aliphatic heterocycles. The fourth-order valence-electron chi connectivity index (χ4n) is 4.62. The number of carbonyl (C=O) groups is 2. The van der Waals surface area contributed by atoms with E-state index in [0.29, 0.717) is 45.5 Å². The number of aryl methyl sites for hydroxylation is 2. The number of fused-ring (bicyclic) bond motifs is 1. The maximum Gasteiger partial charge on any atom is 0.410 e. The van der Waals surface area contributed by atoms with Crippen molar-refractivity contribution < 1.29 is 14.3 Å². The SMILES string of the molecule is Cc1nn(C)c(C)c1CCC(=O)N1CCN2C(=O)OCC2(Cc2ccccc2)C1. The Hall–Kier alpha value is -2.83. The molecule has 7 nitrogen and oxygen atoms in total. The molecule has 0 aliphatic carbocycles. The summed E-state index contributed by atoms with van der Waals surface area (Å²) < 4.78 is 7.27. The first kappa shape index (κ1) is 19.5. The Morgan fingerprint density at radius 2 is 1.97 bits per heavy atom. The zero-order valence-corrected chi connectivity index (χ0v) is 17.4. The number of benzene rings is 1. The van der Waals surface area contributed by atoms with Crippen molar-refractivity contribution in [3.05, 3.63) is 52.8 Å². The fraction of sp³-hybridized carbons (Fsp3) is 0.500. The van der Waals surface area contributed by atoms with Crippen LogP contribution in [-0.2, 0) is 29.4 Å². The van der Waals surface area contributed by atoms with Crippen LogP contribution in [0.5, 0.6) is 0 Å². The molecule has 1 atom stereocenters. The summed E-state index contributed by atoms with van der Waals surface area (Å²) in [6.07, 6.45) is 1.55. The second-order valence-electron chi connectivity index (χ2n) is 8.18. The van der Waals surface area contributed by atoms with Gasteiger partial charge < -0.3 is 9.64 Å². The molecule has 2 aromatic rings. The van der Waals surface area contributed by atoms with Crippen molar-refractivity contribution in [3.8, 4) is 0 Å². The van der Waals surface area contributed by atoms with E-state index in [1.165, 1.54) is 0 Å². The topological polar surface area (TPSA) is 67.7 Å². The van der Waals surface area contributed by atoms with Gasteiger partial charge in [-0.2, -0.15) is 5.10 Å². The van der Waals surface area contributed by atoms with Gasteiger partial charge in [-0.3, -0.25) is 14.4 Å². The minimum atomic E-state index is -0.480. The lowest BCUT2D eigenvalue weighted by Crippen LogP contribution is -2.63. The van der Waals surface area contributed by atoms with E-state index in [1.54, 1.807) is 0 Å². The number of hydrogen-bond donors (Lipinski definition) is 0. The van der Waals surface area contributed by atoms with E-state index in [0.717, 1.165) is 22.5 Å². The first-order chi connectivity index (χ1) is 13.9. The number of hydrogen-bond acceptors (Lipinski definition) is 4. The van der Waals surface area contributed by atoms with Crippen molar-refractivity contribution in [3.63, 3.8) is 0 Å². The average Bonchev–Trinajstić information content (AvgIpc) is 3.16. The number of carbonyl (C=O) groups excluding carboxylic acids is 2. The van der Waals surface area contributed by atoms with Gasteiger partial charge in [-0.25, -0.2) is 4.79 Å². The number of nitrogens with zero attached hydrogens (tertiary/aromatic N) is 4. The highest BCUT2D eigenvalue weighted by Gasteiger charge is 2.51. The number of piperazine rings is 1. The molecule has 2 amide bonds. The molecular formula is C22H28N4O3. The summed E-state index contributed by atoms with van der Waals surface area (Å²) in [6.45, 7) is 5.93. The van der Waals surface area contributed by atoms with Crippen molar-refractivity contribution in [1.29, 1.82) is 0 Å². The highest BCUT2D eigenvalue weighted by atomic mass is 16.6. The average molecular weight is 396 g/mol. The van der Waals surface area contributed by atoms with Gasteiger partial charge in [-0.05, 0) is 31.4 Å². The maximum atomic E-state index is 13.0. The Balaban J connectivity index is 1.47. The Kier molecular flexibility index (Phi) is 5.06. The molecule has 0 N–H and O–H groups in total. The molecule has 3 heterocycles. The largest absolute Gasteiger partial charge is 0.447 e. The van der Waals surface area contributed by atoms with Gasteiger partial charge in [-0.1, -0.05) is 30.3 Å². The van der Waals surface area contributed by atoms with Gasteiger partial charge in [-0.15, -0.1) is 0 Å². The molecule has 29 heavy (non-hydrogen) atoms. The van der Waals surface area contributed by atoms with Crippen molar-refractivity contribution in [1.82, 2.24) is 19.6 Å². The summed E-state index contributed by atoms with van der Waals surface area (Å²) in [5.41, 5.74) is 3.91. The summed E-state index contributed by atoms with van der Waals surface area (Å²) in [4.78, 5) is 29.0. The molecule has 2 fully saturated rings. The minimum Gasteiger partial charge on any atom is -0.447 e. The van der Waals surface area contributed by atoms with E-state index in [4.69, 9.17) is 4.74 Å². The second kappa shape index (κ2) is 7.54. The zero-order valence-electron chi connectivity index (χ0n) is 17.4. The standard InChI is InChI=1S/C22H28N4O3/c1-16-19(17(2)24(3)23-16)9-10-20(27)25-11-12-26-21(28)29-15-22(26,14-25)13-18-7-5-4-6-8-18/h4-8H,9-15H2,1-3H3. The van der Waals surface area contributed by atoms with Crippen LogP contribution < -0.4 is 0 Å². The molecule has 1 unspecified atom stereocenters. The van der Waals surface area contributed by atoms with Crippen LogP contribution in [0.3, 0.4) is 0 Å². The van der Waals surface area contributed by atoms with E-state index in [2.05, 4.69) is 17.2 Å². The number of cyclic esters (lactones) is 1. The van der Waals surface area contributed by atoms with Gasteiger partial charge in [0.25, 0.3) is 0 Å². The van der Waals surface area contributed by atoms with E-state index in [-0.39, 0.29) is 12.0 Å². The number of aromatic nitrogens is 2. The van der Waals surface area contributed by atoms with E-state index >= 15 is 0 Å². The molecular weight excluding hydrogens is 368 g/mol. The van der Waals surface area contributed by atoms with Gasteiger partial charge in [0, 0.05) is 45.2 Å². The molecule has 0 saturated carbocycles. The van der Waals surface area contributed by atoms with Gasteiger partial charge in [0.15, 0.2) is 0 Å². The highest BCUT2D eigenvalue weighted by Crippen LogP contribution is 2.32. The monoisotopic (exact) mass is 396 g/mol. The quantitative estimate of drug-likeness (QED) is 0.777. The summed E-state index contributed by atoms with van der Waals surface area (Å²) in [5.74, 6) is 0.124. The molecule has 1 aromatic heterocycles. The number of ether oxygens (including phenoxy) is 1. The fourth-order valence-corrected chi connectivity index (χ4v) is 4.62. The van der Waals surface area contributed by atoms with E-state index in [1.807, 2.05) is 53.6 Å². The van der Waals surface area contributed by atoms with Crippen LogP contribution in [0, 0.1) is 13.8 Å². The van der Waals surface area contributed by atoms with Gasteiger partial charge in [0.2, 0.25) is 5.91 Å². The lowest BCUT2D eigenvalue weighted by atomic mass is 9.88. The number of amides is 2. The smallest absolute Gasteiger partial charge is 0.410 e. The van der Waals surface area contributed by atoms with Crippen LogP contribution in [0.4, 0.5) is 4.79 Å². The Morgan fingerprint density at radius 3 is 2.66 bits per heavy atom. The first-order valence-electron chi connectivity index (χ1n) is 10.1. The van der Waals surface area contributed by atoms with Crippen LogP contribution in [0.2, 0.25) is 0 Å². The molecule has 2 aliphatic rings. The third-order valence-corrected chi connectivity index (χ3v) is 6.31. The van der Waals surface area contributed by atoms with Crippen molar-refractivity contribution in [2.45, 2.75) is 38.6 Å². The van der Waals surface area contributed by atoms with Crippen LogP contribution in [-0.4, -0.2) is 63.4 Å². The molecule has 7 heteroatoms. The Labute approximate surface area is 171 Å². The Bertz CT molecular complexity index is 924. The lowest BCUT2D eigenvalue weighted by Gasteiger charge is -2.44. The van der Waals surface area contributed by atoms with E-state index in [9.17, 15) is 9.59 Å². The van der Waals surface area contributed by atoms with E-state index < -0.39 is 5.54 Å². The highest BCUT2D eigenvalue weighted by molar-refractivity contribution is 5.78. The second-order valence-corrected chi connectivity index (χ2v) is 8.18. The van der Waals surface area contributed by atoms with Crippen molar-refractivity contribution in [2.75, 3.05) is 26.2 Å². The molecule has 0 bridgehead atoms. The van der Waals surface area contributed by atoms with Gasteiger partial charge in [0.1, 0.15) is 12.1 Å². The Morgan fingerprint density at radius 1 is 1.21 bits per heavy atom. The summed E-state index contributed by atoms with van der Waals surface area (Å²) in [5, 5.41) is 4.44.